The van der Waals surface area contributed by atoms with E-state index in [1.54, 1.807) is 6.26 Å². The third-order valence-corrected chi connectivity index (χ3v) is 3.53. The average molecular weight is 218 g/mol. The lowest BCUT2D eigenvalue weighted by atomic mass is 9.97. The summed E-state index contributed by atoms with van der Waals surface area (Å²) in [6.45, 7) is 0. The van der Waals surface area contributed by atoms with E-state index in [-0.39, 0.29) is 0 Å². The zero-order valence-corrected chi connectivity index (χ0v) is 9.59. The van der Waals surface area contributed by atoms with Crippen molar-refractivity contribution in [1.82, 2.24) is 0 Å². The van der Waals surface area contributed by atoms with E-state index in [0.29, 0.717) is 0 Å². The first kappa shape index (κ1) is 10.4. The van der Waals surface area contributed by atoms with Gasteiger partial charge in [-0.3, -0.25) is 4.21 Å². The molecule has 1 aromatic rings. The maximum Gasteiger partial charge on any atom is 0.0504 e. The third kappa shape index (κ3) is 2.26. The van der Waals surface area contributed by atoms with Crippen molar-refractivity contribution in [2.24, 2.45) is 0 Å². The van der Waals surface area contributed by atoms with Gasteiger partial charge >= 0.3 is 0 Å². The fourth-order valence-electron chi connectivity index (χ4n) is 1.81. The second-order valence-corrected chi connectivity index (χ2v) is 4.96. The van der Waals surface area contributed by atoms with Crippen LogP contribution >= 0.6 is 0 Å². The van der Waals surface area contributed by atoms with Crippen molar-refractivity contribution in [3.05, 3.63) is 48.1 Å². The Morgan fingerprint density at radius 1 is 1.27 bits per heavy atom. The fourth-order valence-corrected chi connectivity index (χ4v) is 2.59. The van der Waals surface area contributed by atoms with Gasteiger partial charge in [0.2, 0.25) is 0 Å². The van der Waals surface area contributed by atoms with Gasteiger partial charge in [0.1, 0.15) is 0 Å². The maximum atomic E-state index is 11.6. The van der Waals surface area contributed by atoms with Crippen LogP contribution < -0.4 is 0 Å². The van der Waals surface area contributed by atoms with E-state index < -0.39 is 10.8 Å². The van der Waals surface area contributed by atoms with Crippen molar-refractivity contribution in [2.75, 3.05) is 6.26 Å². The molecule has 0 N–H and O–H groups in total. The summed E-state index contributed by atoms with van der Waals surface area (Å²) in [5.74, 6) is 0. The van der Waals surface area contributed by atoms with Crippen molar-refractivity contribution in [2.45, 2.75) is 17.7 Å². The Hall–Kier alpha value is -1.15. The standard InChI is InChI=1S/C13H14OS/c1-15(14)13-10-6-5-9-12(13)11-7-3-2-4-8-11/h2-3,5-7,9-10H,4,8H2,1H3. The molecule has 0 fully saturated rings. The monoisotopic (exact) mass is 218 g/mol. The van der Waals surface area contributed by atoms with Gasteiger partial charge in [0.05, 0.1) is 10.8 Å². The van der Waals surface area contributed by atoms with Crippen LogP contribution in [0.1, 0.15) is 18.4 Å². The maximum absolute atomic E-state index is 11.6. The first-order valence-corrected chi connectivity index (χ1v) is 6.63. The molecule has 1 atom stereocenters. The summed E-state index contributed by atoms with van der Waals surface area (Å²) in [6, 6.07) is 7.96. The Bertz CT molecular complexity index is 444. The van der Waals surface area contributed by atoms with E-state index in [1.165, 1.54) is 5.57 Å². The molecule has 1 nitrogen and oxygen atoms in total. The van der Waals surface area contributed by atoms with Crippen molar-refractivity contribution >= 4 is 16.4 Å². The first-order chi connectivity index (χ1) is 7.29. The summed E-state index contributed by atoms with van der Waals surface area (Å²) in [5, 5.41) is 0. The molecule has 0 spiro atoms. The molecule has 2 rings (SSSR count). The van der Waals surface area contributed by atoms with Gasteiger partial charge in [0.15, 0.2) is 0 Å². The Morgan fingerprint density at radius 2 is 2.07 bits per heavy atom. The first-order valence-electron chi connectivity index (χ1n) is 5.07. The van der Waals surface area contributed by atoms with Gasteiger partial charge in [0, 0.05) is 11.2 Å². The molecule has 78 valence electrons. The van der Waals surface area contributed by atoms with E-state index in [4.69, 9.17) is 0 Å². The van der Waals surface area contributed by atoms with Crippen LogP contribution in [-0.4, -0.2) is 10.5 Å². The predicted octanol–water partition coefficient (Wildman–Crippen LogP) is 3.16. The Morgan fingerprint density at radius 3 is 2.73 bits per heavy atom. The number of hydrogen-bond donors (Lipinski definition) is 0. The van der Waals surface area contributed by atoms with E-state index in [0.717, 1.165) is 23.3 Å². The lowest BCUT2D eigenvalue weighted by Crippen LogP contribution is -1.96. The largest absolute Gasteiger partial charge is 0.255 e. The van der Waals surface area contributed by atoms with Crippen LogP contribution in [0.25, 0.3) is 5.57 Å². The van der Waals surface area contributed by atoms with Gasteiger partial charge in [-0.1, -0.05) is 36.4 Å². The SMILES string of the molecule is CS(=O)c1ccccc1C1=CC=CCC1. The molecule has 0 amide bonds. The lowest BCUT2D eigenvalue weighted by Gasteiger charge is -2.12. The molecule has 1 aliphatic carbocycles. The molecular formula is C13H14OS. The molecule has 1 unspecified atom stereocenters. The van der Waals surface area contributed by atoms with Gasteiger partial charge in [-0.2, -0.15) is 0 Å². The highest BCUT2D eigenvalue weighted by molar-refractivity contribution is 7.84. The van der Waals surface area contributed by atoms with Gasteiger partial charge in [0.25, 0.3) is 0 Å². The van der Waals surface area contributed by atoms with E-state index in [9.17, 15) is 4.21 Å². The second kappa shape index (κ2) is 4.58. The Balaban J connectivity index is 2.47. The smallest absolute Gasteiger partial charge is 0.0504 e. The molecular weight excluding hydrogens is 204 g/mol. The lowest BCUT2D eigenvalue weighted by molar-refractivity contribution is 0.686. The molecule has 0 radical (unpaired) electrons. The second-order valence-electron chi connectivity index (χ2n) is 3.61. The molecule has 0 aromatic heterocycles. The number of hydrogen-bond acceptors (Lipinski definition) is 1. The van der Waals surface area contributed by atoms with Crippen molar-refractivity contribution in [1.29, 1.82) is 0 Å². The molecule has 2 heteroatoms. The van der Waals surface area contributed by atoms with Crippen LogP contribution in [0.3, 0.4) is 0 Å². The van der Waals surface area contributed by atoms with Crippen molar-refractivity contribution in [3.63, 3.8) is 0 Å². The fraction of sp³-hybridized carbons (Fsp3) is 0.231. The highest BCUT2D eigenvalue weighted by Crippen LogP contribution is 2.27. The summed E-state index contributed by atoms with van der Waals surface area (Å²) in [7, 11) is -0.907. The van der Waals surface area contributed by atoms with Gasteiger partial charge in [-0.05, 0) is 30.0 Å². The van der Waals surface area contributed by atoms with Gasteiger partial charge < -0.3 is 0 Å². The van der Waals surface area contributed by atoms with E-state index in [2.05, 4.69) is 24.3 Å². The van der Waals surface area contributed by atoms with Crippen LogP contribution in [-0.2, 0) is 10.8 Å². The number of allylic oxidation sites excluding steroid dienone is 4. The predicted molar refractivity (Wildman–Crippen MR) is 65.1 cm³/mol. The van der Waals surface area contributed by atoms with Crippen LogP contribution in [0.5, 0.6) is 0 Å². The molecule has 0 aliphatic heterocycles. The summed E-state index contributed by atoms with van der Waals surface area (Å²) < 4.78 is 11.6. The van der Waals surface area contributed by atoms with Gasteiger partial charge in [-0.25, -0.2) is 0 Å². The average Bonchev–Trinajstić information content (AvgIpc) is 2.30. The minimum absolute atomic E-state index is 0.907. The molecule has 1 aromatic carbocycles. The third-order valence-electron chi connectivity index (χ3n) is 2.56. The minimum Gasteiger partial charge on any atom is -0.255 e. The van der Waals surface area contributed by atoms with Crippen molar-refractivity contribution < 1.29 is 4.21 Å². The zero-order chi connectivity index (χ0) is 10.7. The van der Waals surface area contributed by atoms with Crippen LogP contribution in [0.4, 0.5) is 0 Å². The van der Waals surface area contributed by atoms with Crippen LogP contribution in [0.2, 0.25) is 0 Å². The molecule has 15 heavy (non-hydrogen) atoms. The van der Waals surface area contributed by atoms with E-state index >= 15 is 0 Å². The van der Waals surface area contributed by atoms with Crippen molar-refractivity contribution in [3.8, 4) is 0 Å². The number of rotatable bonds is 2. The van der Waals surface area contributed by atoms with E-state index in [1.807, 2.05) is 18.2 Å². The molecule has 0 saturated heterocycles. The normalized spacial score (nSPS) is 17.3. The summed E-state index contributed by atoms with van der Waals surface area (Å²) in [4.78, 5) is 0.944. The van der Waals surface area contributed by atoms with Crippen LogP contribution in [0.15, 0.2) is 47.4 Å². The molecule has 1 aliphatic rings. The summed E-state index contributed by atoms with van der Waals surface area (Å²) >= 11 is 0. The minimum atomic E-state index is -0.907. The Labute approximate surface area is 93.0 Å². The van der Waals surface area contributed by atoms with Crippen LogP contribution in [0, 0.1) is 0 Å². The highest BCUT2D eigenvalue weighted by Gasteiger charge is 2.09. The Kier molecular flexibility index (Phi) is 3.17. The molecule has 0 bridgehead atoms. The zero-order valence-electron chi connectivity index (χ0n) is 8.77. The topological polar surface area (TPSA) is 17.1 Å². The quantitative estimate of drug-likeness (QED) is 0.745. The summed E-state index contributed by atoms with van der Waals surface area (Å²) in [5.41, 5.74) is 2.44. The summed E-state index contributed by atoms with van der Waals surface area (Å²) in [6.07, 6.45) is 10.2. The van der Waals surface area contributed by atoms with Gasteiger partial charge in [-0.15, -0.1) is 0 Å². The highest BCUT2D eigenvalue weighted by atomic mass is 32.2. The number of benzene rings is 1. The molecule has 0 saturated carbocycles. The molecule has 0 heterocycles.